The first-order valence-corrected chi connectivity index (χ1v) is 8.01. The van der Waals surface area contributed by atoms with Gasteiger partial charge in [0, 0.05) is 13.1 Å². The van der Waals surface area contributed by atoms with E-state index in [1.165, 1.54) is 23.9 Å². The number of hydrogen-bond acceptors (Lipinski definition) is 4. The minimum absolute atomic E-state index is 0.118. The molecule has 2 aliphatic heterocycles. The topological polar surface area (TPSA) is 41.9 Å². The van der Waals surface area contributed by atoms with Crippen LogP contribution < -0.4 is 0 Å². The van der Waals surface area contributed by atoms with Crippen molar-refractivity contribution in [3.8, 4) is 0 Å². The number of aliphatic imine (C=N–C) groups is 1. The van der Waals surface area contributed by atoms with Crippen LogP contribution in [0, 0.1) is 5.82 Å². The van der Waals surface area contributed by atoms with Crippen LogP contribution in [-0.4, -0.2) is 41.3 Å². The van der Waals surface area contributed by atoms with Gasteiger partial charge in [-0.15, -0.1) is 0 Å². The van der Waals surface area contributed by atoms with Crippen molar-refractivity contribution in [3.05, 3.63) is 40.6 Å². The first kappa shape index (κ1) is 15.2. The number of ether oxygens (including phenoxy) is 1. The largest absolute Gasteiger partial charge is 0.372 e. The van der Waals surface area contributed by atoms with E-state index in [0.29, 0.717) is 4.91 Å². The van der Waals surface area contributed by atoms with Crippen LogP contribution in [0.15, 0.2) is 34.2 Å². The summed E-state index contributed by atoms with van der Waals surface area (Å²) in [4.78, 5) is 18.9. The summed E-state index contributed by atoms with van der Waals surface area (Å²) in [5, 5.41) is 0.723. The number of amidine groups is 1. The van der Waals surface area contributed by atoms with Gasteiger partial charge in [0.15, 0.2) is 5.17 Å². The van der Waals surface area contributed by atoms with Gasteiger partial charge in [0.05, 0.1) is 17.1 Å². The summed E-state index contributed by atoms with van der Waals surface area (Å²) in [6, 6.07) is 6.05. The Bertz CT molecular complexity index is 632. The lowest BCUT2D eigenvalue weighted by atomic mass is 10.2. The van der Waals surface area contributed by atoms with Crippen molar-refractivity contribution in [2.45, 2.75) is 26.1 Å². The Morgan fingerprint density at radius 1 is 1.27 bits per heavy atom. The summed E-state index contributed by atoms with van der Waals surface area (Å²) in [6.07, 6.45) is 1.98. The van der Waals surface area contributed by atoms with E-state index in [-0.39, 0.29) is 23.9 Å². The van der Waals surface area contributed by atoms with Crippen molar-refractivity contribution in [1.29, 1.82) is 0 Å². The van der Waals surface area contributed by atoms with Crippen LogP contribution in [0.5, 0.6) is 0 Å². The van der Waals surface area contributed by atoms with Gasteiger partial charge in [0.25, 0.3) is 5.91 Å². The third-order valence-corrected chi connectivity index (χ3v) is 4.51. The van der Waals surface area contributed by atoms with Crippen molar-refractivity contribution < 1.29 is 13.9 Å². The minimum atomic E-state index is -0.291. The number of morpholine rings is 1. The Labute approximate surface area is 133 Å². The molecule has 2 atom stereocenters. The van der Waals surface area contributed by atoms with Crippen molar-refractivity contribution in [2.24, 2.45) is 4.99 Å². The molecular weight excluding hydrogens is 303 g/mol. The van der Waals surface area contributed by atoms with E-state index >= 15 is 0 Å². The summed E-state index contributed by atoms with van der Waals surface area (Å²) in [6.45, 7) is 5.49. The lowest BCUT2D eigenvalue weighted by Crippen LogP contribution is -2.47. The zero-order chi connectivity index (χ0) is 15.7. The van der Waals surface area contributed by atoms with Crippen molar-refractivity contribution in [1.82, 2.24) is 4.90 Å². The van der Waals surface area contributed by atoms with Crippen LogP contribution in [0.1, 0.15) is 19.4 Å². The third kappa shape index (κ3) is 3.39. The van der Waals surface area contributed by atoms with E-state index in [1.54, 1.807) is 18.2 Å². The van der Waals surface area contributed by atoms with Gasteiger partial charge in [0.2, 0.25) is 0 Å². The number of rotatable bonds is 1. The normalized spacial score (nSPS) is 27.4. The summed E-state index contributed by atoms with van der Waals surface area (Å²) in [5.41, 5.74) is 0.789. The summed E-state index contributed by atoms with van der Waals surface area (Å²) < 4.78 is 18.6. The highest BCUT2D eigenvalue weighted by atomic mass is 32.2. The van der Waals surface area contributed by atoms with E-state index in [9.17, 15) is 9.18 Å². The highest BCUT2D eigenvalue weighted by molar-refractivity contribution is 8.18. The fourth-order valence-electron chi connectivity index (χ4n) is 2.58. The highest BCUT2D eigenvalue weighted by Gasteiger charge is 2.30. The standard InChI is InChI=1S/C16H17FN2O2S/c1-10-8-19(9-11(2)21-10)16-18-15(20)14(22-16)7-12-3-5-13(17)6-4-12/h3-7,10-11H,8-9H2,1-2H3/b14-7+/t10-,11+. The van der Waals surface area contributed by atoms with Crippen LogP contribution in [0.3, 0.4) is 0 Å². The Hall–Kier alpha value is -1.66. The average molecular weight is 320 g/mol. The molecule has 3 rings (SSSR count). The van der Waals surface area contributed by atoms with Crippen LogP contribution in [-0.2, 0) is 9.53 Å². The van der Waals surface area contributed by atoms with Gasteiger partial charge in [-0.3, -0.25) is 4.79 Å². The van der Waals surface area contributed by atoms with E-state index < -0.39 is 0 Å². The van der Waals surface area contributed by atoms with Crippen LogP contribution in [0.2, 0.25) is 0 Å². The molecule has 0 unspecified atom stereocenters. The zero-order valence-electron chi connectivity index (χ0n) is 12.5. The highest BCUT2D eigenvalue weighted by Crippen LogP contribution is 2.31. The maximum absolute atomic E-state index is 12.9. The van der Waals surface area contributed by atoms with E-state index in [0.717, 1.165) is 23.8 Å². The molecule has 0 saturated carbocycles. The first-order valence-electron chi connectivity index (χ1n) is 7.20. The van der Waals surface area contributed by atoms with Crippen LogP contribution in [0.4, 0.5) is 4.39 Å². The Morgan fingerprint density at radius 2 is 1.91 bits per heavy atom. The number of halogens is 1. The molecule has 22 heavy (non-hydrogen) atoms. The molecule has 0 bridgehead atoms. The first-order chi connectivity index (χ1) is 10.5. The SMILES string of the molecule is C[C@@H]1CN(C2=NC(=O)/C(=C\c3ccc(F)cc3)S2)C[C@H](C)O1. The van der Waals surface area contributed by atoms with Gasteiger partial charge in [-0.05, 0) is 49.4 Å². The number of hydrogen-bond donors (Lipinski definition) is 0. The molecule has 2 heterocycles. The molecule has 116 valence electrons. The van der Waals surface area contributed by atoms with Crippen LogP contribution >= 0.6 is 11.8 Å². The molecule has 0 aliphatic carbocycles. The second kappa shape index (κ2) is 6.22. The maximum atomic E-state index is 12.9. The predicted molar refractivity (Wildman–Crippen MR) is 86.0 cm³/mol. The van der Waals surface area contributed by atoms with E-state index in [4.69, 9.17) is 4.74 Å². The summed E-state index contributed by atoms with van der Waals surface area (Å²) >= 11 is 1.37. The lowest BCUT2D eigenvalue weighted by molar-refractivity contribution is -0.113. The number of carbonyl (C=O) groups excluding carboxylic acids is 1. The second-order valence-electron chi connectivity index (χ2n) is 5.52. The Balaban J connectivity index is 1.74. The molecule has 0 radical (unpaired) electrons. The quantitative estimate of drug-likeness (QED) is 0.746. The molecule has 6 heteroatoms. The lowest BCUT2D eigenvalue weighted by Gasteiger charge is -2.35. The molecule has 0 aromatic heterocycles. The molecule has 1 fully saturated rings. The van der Waals surface area contributed by atoms with Gasteiger partial charge in [0.1, 0.15) is 5.82 Å². The van der Waals surface area contributed by atoms with E-state index in [2.05, 4.69) is 9.89 Å². The Kier molecular flexibility index (Phi) is 4.31. The minimum Gasteiger partial charge on any atom is -0.372 e. The van der Waals surface area contributed by atoms with Gasteiger partial charge < -0.3 is 9.64 Å². The van der Waals surface area contributed by atoms with Gasteiger partial charge in [-0.1, -0.05) is 12.1 Å². The molecule has 4 nitrogen and oxygen atoms in total. The number of thioether (sulfide) groups is 1. The fourth-order valence-corrected chi connectivity index (χ4v) is 3.51. The van der Waals surface area contributed by atoms with Gasteiger partial charge >= 0.3 is 0 Å². The molecule has 1 aromatic carbocycles. The molecule has 1 aromatic rings. The number of amides is 1. The maximum Gasteiger partial charge on any atom is 0.286 e. The molecule has 1 saturated heterocycles. The second-order valence-corrected chi connectivity index (χ2v) is 6.53. The number of benzene rings is 1. The van der Waals surface area contributed by atoms with Crippen molar-refractivity contribution in [2.75, 3.05) is 13.1 Å². The molecule has 0 N–H and O–H groups in total. The molecular formula is C16H17FN2O2S. The Morgan fingerprint density at radius 3 is 2.55 bits per heavy atom. The van der Waals surface area contributed by atoms with Crippen LogP contribution in [0.25, 0.3) is 6.08 Å². The zero-order valence-corrected chi connectivity index (χ0v) is 13.3. The average Bonchev–Trinajstić information content (AvgIpc) is 2.82. The smallest absolute Gasteiger partial charge is 0.286 e. The molecule has 0 spiro atoms. The summed E-state index contributed by atoms with van der Waals surface area (Å²) in [7, 11) is 0. The molecule has 1 amide bonds. The monoisotopic (exact) mass is 320 g/mol. The van der Waals surface area contributed by atoms with Gasteiger partial charge in [-0.2, -0.15) is 4.99 Å². The summed E-state index contributed by atoms with van der Waals surface area (Å²) in [5.74, 6) is -0.531. The molecule has 2 aliphatic rings. The van der Waals surface area contributed by atoms with E-state index in [1.807, 2.05) is 13.8 Å². The fraction of sp³-hybridized carbons (Fsp3) is 0.375. The number of nitrogens with zero attached hydrogens (tertiary/aromatic N) is 2. The van der Waals surface area contributed by atoms with Gasteiger partial charge in [-0.25, -0.2) is 4.39 Å². The number of carbonyl (C=O) groups is 1. The third-order valence-electron chi connectivity index (χ3n) is 3.47. The van der Waals surface area contributed by atoms with Crippen molar-refractivity contribution in [3.63, 3.8) is 0 Å². The predicted octanol–water partition coefficient (Wildman–Crippen LogP) is 2.91. The van der Waals surface area contributed by atoms with Crippen molar-refractivity contribution >= 4 is 28.9 Å².